The average molecular weight is 336 g/mol. The molecule has 2 atom stereocenters. The zero-order chi connectivity index (χ0) is 13.3. The van der Waals surface area contributed by atoms with Gasteiger partial charge in [0.15, 0.2) is 5.03 Å². The number of rotatable bonds is 3. The summed E-state index contributed by atoms with van der Waals surface area (Å²) in [4.78, 5) is 7.33. The van der Waals surface area contributed by atoms with Crippen LogP contribution in [0.25, 0.3) is 0 Å². The summed E-state index contributed by atoms with van der Waals surface area (Å²) in [6, 6.07) is 0. The van der Waals surface area contributed by atoms with E-state index in [1.54, 1.807) is 4.31 Å². The first kappa shape index (κ1) is 14.0. The third-order valence-corrected chi connectivity index (χ3v) is 6.46. The maximum atomic E-state index is 12.4. The number of hydrogen-bond acceptors (Lipinski definition) is 3. The Hall–Kier alpha value is -0.400. The van der Waals surface area contributed by atoms with Gasteiger partial charge >= 0.3 is 0 Å². The molecule has 0 aliphatic carbocycles. The van der Waals surface area contributed by atoms with Crippen LogP contribution in [0.4, 0.5) is 0 Å². The van der Waals surface area contributed by atoms with E-state index in [1.165, 1.54) is 6.20 Å². The van der Waals surface area contributed by atoms with E-state index in [0.717, 1.165) is 6.42 Å². The third kappa shape index (κ3) is 2.62. The Morgan fingerprint density at radius 1 is 1.61 bits per heavy atom. The zero-order valence-electron chi connectivity index (χ0n) is 10.6. The number of nitrogens with zero attached hydrogens (tertiary/aromatic N) is 2. The minimum atomic E-state index is -3.41. The normalized spacial score (nSPS) is 26.4. The maximum absolute atomic E-state index is 12.4. The highest BCUT2D eigenvalue weighted by molar-refractivity contribution is 9.09. The Morgan fingerprint density at radius 2 is 2.33 bits per heavy atom. The van der Waals surface area contributed by atoms with Crippen LogP contribution in [0.2, 0.25) is 0 Å². The second-order valence-corrected chi connectivity index (χ2v) is 7.78. The molecule has 1 aromatic rings. The average Bonchev–Trinajstić information content (AvgIpc) is 2.81. The number of piperidine rings is 1. The van der Waals surface area contributed by atoms with Crippen LogP contribution < -0.4 is 0 Å². The summed E-state index contributed by atoms with van der Waals surface area (Å²) in [6.45, 7) is 5.11. The van der Waals surface area contributed by atoms with Crippen molar-refractivity contribution in [3.05, 3.63) is 12.0 Å². The van der Waals surface area contributed by atoms with Gasteiger partial charge in [0.25, 0.3) is 10.0 Å². The molecule has 5 nitrogen and oxygen atoms in total. The quantitative estimate of drug-likeness (QED) is 0.856. The minimum absolute atomic E-state index is 0.208. The predicted molar refractivity (Wildman–Crippen MR) is 73.2 cm³/mol. The van der Waals surface area contributed by atoms with Crippen molar-refractivity contribution >= 4 is 26.0 Å². The van der Waals surface area contributed by atoms with Crippen LogP contribution >= 0.6 is 15.9 Å². The van der Waals surface area contributed by atoms with Crippen molar-refractivity contribution in [2.75, 3.05) is 13.1 Å². The van der Waals surface area contributed by atoms with Gasteiger partial charge in [-0.3, -0.25) is 0 Å². The summed E-state index contributed by atoms with van der Waals surface area (Å²) in [5, 5.41) is 0.208. The van der Waals surface area contributed by atoms with Crippen molar-refractivity contribution in [2.45, 2.75) is 36.5 Å². The second-order valence-electron chi connectivity index (χ2n) is 4.69. The highest BCUT2D eigenvalue weighted by Crippen LogP contribution is 2.27. The Bertz CT molecular complexity index is 514. The molecule has 7 heteroatoms. The van der Waals surface area contributed by atoms with E-state index >= 15 is 0 Å². The Labute approximate surface area is 116 Å². The SMILES string of the molecule is CCc1ncc(S(=O)(=O)N2CCC(Br)C(C)C2)[nH]1. The summed E-state index contributed by atoms with van der Waals surface area (Å²) < 4.78 is 26.4. The summed E-state index contributed by atoms with van der Waals surface area (Å²) in [7, 11) is -3.41. The van der Waals surface area contributed by atoms with Gasteiger partial charge in [-0.2, -0.15) is 4.31 Å². The maximum Gasteiger partial charge on any atom is 0.260 e. The number of imidazole rings is 1. The third-order valence-electron chi connectivity index (χ3n) is 3.32. The number of sulfonamides is 1. The lowest BCUT2D eigenvalue weighted by atomic mass is 10.0. The largest absolute Gasteiger partial charge is 0.332 e. The zero-order valence-corrected chi connectivity index (χ0v) is 13.0. The van der Waals surface area contributed by atoms with Gasteiger partial charge in [-0.05, 0) is 12.3 Å². The van der Waals surface area contributed by atoms with Gasteiger partial charge in [-0.25, -0.2) is 13.4 Å². The van der Waals surface area contributed by atoms with E-state index in [-0.39, 0.29) is 5.03 Å². The van der Waals surface area contributed by atoms with Crippen molar-refractivity contribution in [1.29, 1.82) is 0 Å². The summed E-state index contributed by atoms with van der Waals surface area (Å²) >= 11 is 3.58. The topological polar surface area (TPSA) is 66.1 Å². The number of aryl methyl sites for hydroxylation is 1. The molecule has 2 unspecified atom stereocenters. The molecule has 0 spiro atoms. The molecule has 0 bridgehead atoms. The van der Waals surface area contributed by atoms with Crippen LogP contribution in [0.15, 0.2) is 11.2 Å². The molecule has 1 saturated heterocycles. The van der Waals surface area contributed by atoms with Gasteiger partial charge in [0, 0.05) is 24.3 Å². The number of aromatic amines is 1. The molecular weight excluding hydrogens is 318 g/mol. The molecule has 102 valence electrons. The molecule has 2 heterocycles. The van der Waals surface area contributed by atoms with Crippen LogP contribution in [-0.2, 0) is 16.4 Å². The van der Waals surface area contributed by atoms with Crippen molar-refractivity contribution in [1.82, 2.24) is 14.3 Å². The minimum Gasteiger partial charge on any atom is -0.332 e. The van der Waals surface area contributed by atoms with Crippen molar-refractivity contribution in [3.8, 4) is 0 Å². The standard InChI is InChI=1S/C11H18BrN3O2S/c1-3-10-13-6-11(14-10)18(16,17)15-5-4-9(12)8(2)7-15/h6,8-9H,3-5,7H2,1-2H3,(H,13,14). The number of hydrogen-bond donors (Lipinski definition) is 1. The van der Waals surface area contributed by atoms with E-state index in [0.29, 0.717) is 36.1 Å². The first-order valence-electron chi connectivity index (χ1n) is 6.13. The molecule has 1 N–H and O–H groups in total. The number of nitrogens with one attached hydrogen (secondary N) is 1. The van der Waals surface area contributed by atoms with Crippen molar-refractivity contribution in [3.63, 3.8) is 0 Å². The smallest absolute Gasteiger partial charge is 0.260 e. The van der Waals surface area contributed by atoms with Crippen LogP contribution in [0.1, 0.15) is 26.1 Å². The van der Waals surface area contributed by atoms with Crippen molar-refractivity contribution < 1.29 is 8.42 Å². The first-order valence-corrected chi connectivity index (χ1v) is 8.48. The lowest BCUT2D eigenvalue weighted by Crippen LogP contribution is -2.43. The Balaban J connectivity index is 2.21. The predicted octanol–water partition coefficient (Wildman–Crippen LogP) is 1.77. The lowest BCUT2D eigenvalue weighted by Gasteiger charge is -2.32. The highest BCUT2D eigenvalue weighted by atomic mass is 79.9. The molecule has 1 aromatic heterocycles. The molecule has 1 aliphatic heterocycles. The van der Waals surface area contributed by atoms with Gasteiger partial charge in [0.2, 0.25) is 0 Å². The molecule has 2 rings (SSSR count). The Morgan fingerprint density at radius 3 is 2.89 bits per heavy atom. The summed E-state index contributed by atoms with van der Waals surface area (Å²) in [5.74, 6) is 1.03. The number of alkyl halides is 1. The van der Waals surface area contributed by atoms with E-state index in [2.05, 4.69) is 32.8 Å². The van der Waals surface area contributed by atoms with E-state index in [9.17, 15) is 8.42 Å². The van der Waals surface area contributed by atoms with E-state index in [1.807, 2.05) is 6.92 Å². The second kappa shape index (κ2) is 5.30. The number of halogens is 1. The molecule has 0 radical (unpaired) electrons. The first-order chi connectivity index (χ1) is 8.45. The van der Waals surface area contributed by atoms with E-state index in [4.69, 9.17) is 0 Å². The number of aromatic nitrogens is 2. The number of H-pyrrole nitrogens is 1. The molecular formula is C11H18BrN3O2S. The fraction of sp³-hybridized carbons (Fsp3) is 0.727. The molecule has 1 aliphatic rings. The van der Waals surface area contributed by atoms with Crippen LogP contribution in [0.3, 0.4) is 0 Å². The van der Waals surface area contributed by atoms with Gasteiger partial charge in [-0.1, -0.05) is 29.8 Å². The van der Waals surface area contributed by atoms with Crippen LogP contribution in [-0.4, -0.2) is 40.6 Å². The molecule has 0 amide bonds. The summed E-state index contributed by atoms with van der Waals surface area (Å²) in [6.07, 6.45) is 2.96. The van der Waals surface area contributed by atoms with E-state index < -0.39 is 10.0 Å². The van der Waals surface area contributed by atoms with Gasteiger partial charge in [0.05, 0.1) is 6.20 Å². The fourth-order valence-electron chi connectivity index (χ4n) is 2.09. The lowest BCUT2D eigenvalue weighted by molar-refractivity contribution is 0.291. The van der Waals surface area contributed by atoms with Crippen LogP contribution in [0.5, 0.6) is 0 Å². The molecule has 0 saturated carbocycles. The fourth-order valence-corrected chi connectivity index (χ4v) is 3.95. The summed E-state index contributed by atoms with van der Waals surface area (Å²) in [5.41, 5.74) is 0. The van der Waals surface area contributed by atoms with Gasteiger partial charge < -0.3 is 4.98 Å². The van der Waals surface area contributed by atoms with Crippen molar-refractivity contribution in [2.24, 2.45) is 5.92 Å². The highest BCUT2D eigenvalue weighted by Gasteiger charge is 2.33. The van der Waals surface area contributed by atoms with Gasteiger partial charge in [0.1, 0.15) is 5.82 Å². The molecule has 18 heavy (non-hydrogen) atoms. The van der Waals surface area contributed by atoms with Crippen LogP contribution in [0, 0.1) is 5.92 Å². The Kier molecular flexibility index (Phi) is 4.13. The monoisotopic (exact) mass is 335 g/mol. The van der Waals surface area contributed by atoms with Gasteiger partial charge in [-0.15, -0.1) is 0 Å². The molecule has 0 aromatic carbocycles. The molecule has 1 fully saturated rings.